The average Bonchev–Trinajstić information content (AvgIpc) is 2.11. The van der Waals surface area contributed by atoms with Crippen LogP contribution in [0.2, 0.25) is 5.15 Å². The summed E-state index contributed by atoms with van der Waals surface area (Å²) in [7, 11) is 0. The summed E-state index contributed by atoms with van der Waals surface area (Å²) in [4.78, 5) is 14.5. The number of pyridine rings is 1. The standard InChI is InChI=1S/C9H9BrClNO2/c1-5(9(13)14)2-6-3-7(10)4-12-8(6)11/h3-5H,2H2,1H3,(H,13,14). The first kappa shape index (κ1) is 11.5. The van der Waals surface area contributed by atoms with Crippen molar-refractivity contribution in [1.82, 2.24) is 4.98 Å². The molecule has 0 saturated heterocycles. The fourth-order valence-electron chi connectivity index (χ4n) is 1.02. The first-order chi connectivity index (χ1) is 6.50. The van der Waals surface area contributed by atoms with Crippen LogP contribution in [0.1, 0.15) is 12.5 Å². The lowest BCUT2D eigenvalue weighted by Crippen LogP contribution is -2.12. The normalized spacial score (nSPS) is 12.5. The van der Waals surface area contributed by atoms with Gasteiger partial charge in [-0.1, -0.05) is 18.5 Å². The number of carboxylic acids is 1. The molecular weight excluding hydrogens is 269 g/mol. The van der Waals surface area contributed by atoms with E-state index in [0.29, 0.717) is 11.6 Å². The van der Waals surface area contributed by atoms with E-state index in [1.165, 1.54) is 0 Å². The van der Waals surface area contributed by atoms with Gasteiger partial charge >= 0.3 is 5.97 Å². The Morgan fingerprint density at radius 2 is 2.43 bits per heavy atom. The van der Waals surface area contributed by atoms with E-state index < -0.39 is 11.9 Å². The second kappa shape index (κ2) is 4.75. The summed E-state index contributed by atoms with van der Waals surface area (Å²) in [6.45, 7) is 1.64. The third kappa shape index (κ3) is 2.96. The van der Waals surface area contributed by atoms with Gasteiger partial charge in [0.1, 0.15) is 5.15 Å². The van der Waals surface area contributed by atoms with Crippen molar-refractivity contribution >= 4 is 33.5 Å². The second-order valence-corrected chi connectivity index (χ2v) is 4.32. The van der Waals surface area contributed by atoms with Gasteiger partial charge in [0.2, 0.25) is 0 Å². The van der Waals surface area contributed by atoms with Gasteiger partial charge in [0.15, 0.2) is 0 Å². The number of carboxylic acid groups (broad SMARTS) is 1. The molecule has 0 aromatic carbocycles. The zero-order valence-corrected chi connectivity index (χ0v) is 9.84. The van der Waals surface area contributed by atoms with Gasteiger partial charge in [-0.05, 0) is 34.0 Å². The van der Waals surface area contributed by atoms with Crippen molar-refractivity contribution in [2.75, 3.05) is 0 Å². The van der Waals surface area contributed by atoms with E-state index in [9.17, 15) is 4.79 Å². The van der Waals surface area contributed by atoms with E-state index in [-0.39, 0.29) is 0 Å². The summed E-state index contributed by atoms with van der Waals surface area (Å²) in [5.74, 6) is -1.29. The summed E-state index contributed by atoms with van der Waals surface area (Å²) < 4.78 is 0.800. The lowest BCUT2D eigenvalue weighted by molar-refractivity contribution is -0.141. The highest BCUT2D eigenvalue weighted by atomic mass is 79.9. The van der Waals surface area contributed by atoms with Crippen LogP contribution in [0.25, 0.3) is 0 Å². The predicted molar refractivity (Wildman–Crippen MR) is 57.5 cm³/mol. The van der Waals surface area contributed by atoms with Crippen molar-refractivity contribution in [1.29, 1.82) is 0 Å². The molecule has 1 N–H and O–H groups in total. The smallest absolute Gasteiger partial charge is 0.306 e. The topological polar surface area (TPSA) is 50.2 Å². The second-order valence-electron chi connectivity index (χ2n) is 3.05. The van der Waals surface area contributed by atoms with E-state index in [4.69, 9.17) is 16.7 Å². The van der Waals surface area contributed by atoms with Gasteiger partial charge < -0.3 is 5.11 Å². The van der Waals surface area contributed by atoms with Crippen molar-refractivity contribution in [3.05, 3.63) is 27.5 Å². The summed E-state index contributed by atoms with van der Waals surface area (Å²) in [6.07, 6.45) is 1.97. The van der Waals surface area contributed by atoms with Crippen LogP contribution >= 0.6 is 27.5 Å². The maximum absolute atomic E-state index is 10.6. The zero-order chi connectivity index (χ0) is 10.7. The van der Waals surface area contributed by atoms with Crippen molar-refractivity contribution in [2.24, 2.45) is 5.92 Å². The minimum Gasteiger partial charge on any atom is -0.481 e. The molecule has 0 aliphatic heterocycles. The highest BCUT2D eigenvalue weighted by molar-refractivity contribution is 9.10. The van der Waals surface area contributed by atoms with Crippen molar-refractivity contribution < 1.29 is 9.90 Å². The molecule has 0 fully saturated rings. The molecule has 0 spiro atoms. The Morgan fingerprint density at radius 1 is 1.79 bits per heavy atom. The first-order valence-corrected chi connectivity index (χ1v) is 5.20. The number of aromatic nitrogens is 1. The van der Waals surface area contributed by atoms with Crippen molar-refractivity contribution in [3.8, 4) is 0 Å². The SMILES string of the molecule is CC(Cc1cc(Br)cnc1Cl)C(=O)O. The Bertz CT molecular complexity index is 357. The molecule has 0 saturated carbocycles. The van der Waals surface area contributed by atoms with E-state index in [2.05, 4.69) is 20.9 Å². The Morgan fingerprint density at radius 3 is 3.00 bits per heavy atom. The van der Waals surface area contributed by atoms with Crippen LogP contribution in [0.4, 0.5) is 0 Å². The molecule has 0 bridgehead atoms. The van der Waals surface area contributed by atoms with Crippen LogP contribution in [-0.2, 0) is 11.2 Å². The van der Waals surface area contributed by atoms with E-state index in [0.717, 1.165) is 10.0 Å². The van der Waals surface area contributed by atoms with Crippen LogP contribution < -0.4 is 0 Å². The molecule has 1 rings (SSSR count). The largest absolute Gasteiger partial charge is 0.481 e. The minimum absolute atomic E-state index is 0.362. The fourth-order valence-corrected chi connectivity index (χ4v) is 1.58. The van der Waals surface area contributed by atoms with Crippen molar-refractivity contribution in [3.63, 3.8) is 0 Å². The fraction of sp³-hybridized carbons (Fsp3) is 0.333. The molecule has 0 radical (unpaired) electrons. The summed E-state index contributed by atoms with van der Waals surface area (Å²) in [5.41, 5.74) is 0.746. The maximum atomic E-state index is 10.6. The van der Waals surface area contributed by atoms with E-state index in [1.807, 2.05) is 0 Å². The zero-order valence-electron chi connectivity index (χ0n) is 7.50. The predicted octanol–water partition coefficient (Wildman–Crippen LogP) is 2.76. The molecule has 76 valence electrons. The average molecular weight is 279 g/mol. The number of carbonyl (C=O) groups is 1. The molecule has 5 heteroatoms. The molecule has 3 nitrogen and oxygen atoms in total. The van der Waals surface area contributed by atoms with E-state index >= 15 is 0 Å². The van der Waals surface area contributed by atoms with Crippen LogP contribution in [0.3, 0.4) is 0 Å². The molecule has 1 atom stereocenters. The quantitative estimate of drug-likeness (QED) is 0.865. The minimum atomic E-state index is -0.832. The number of nitrogens with zero attached hydrogens (tertiary/aromatic N) is 1. The molecule has 0 amide bonds. The lowest BCUT2D eigenvalue weighted by Gasteiger charge is -2.07. The van der Waals surface area contributed by atoms with Crippen molar-refractivity contribution in [2.45, 2.75) is 13.3 Å². The van der Waals surface area contributed by atoms with Crippen LogP contribution in [0.5, 0.6) is 0 Å². The maximum Gasteiger partial charge on any atom is 0.306 e. The highest BCUT2D eigenvalue weighted by Gasteiger charge is 2.14. The van der Waals surface area contributed by atoms with Gasteiger partial charge in [0.05, 0.1) is 5.92 Å². The van der Waals surface area contributed by atoms with Gasteiger partial charge in [-0.25, -0.2) is 4.98 Å². The Balaban J connectivity index is 2.85. The Kier molecular flexibility index (Phi) is 3.89. The number of rotatable bonds is 3. The number of hydrogen-bond donors (Lipinski definition) is 1. The van der Waals surface area contributed by atoms with Crippen LogP contribution in [-0.4, -0.2) is 16.1 Å². The van der Waals surface area contributed by atoms with Gasteiger partial charge in [-0.3, -0.25) is 4.79 Å². The molecule has 1 heterocycles. The third-order valence-corrected chi connectivity index (χ3v) is 2.60. The van der Waals surface area contributed by atoms with Gasteiger partial charge in [-0.2, -0.15) is 0 Å². The van der Waals surface area contributed by atoms with E-state index in [1.54, 1.807) is 19.2 Å². The highest BCUT2D eigenvalue weighted by Crippen LogP contribution is 2.20. The number of hydrogen-bond acceptors (Lipinski definition) is 2. The molecule has 1 unspecified atom stereocenters. The molecule has 1 aromatic rings. The van der Waals surface area contributed by atoms with Gasteiger partial charge in [0.25, 0.3) is 0 Å². The molecule has 0 aliphatic carbocycles. The molecule has 1 aromatic heterocycles. The molecule has 0 aliphatic rings. The number of halogens is 2. The molecular formula is C9H9BrClNO2. The first-order valence-electron chi connectivity index (χ1n) is 4.03. The van der Waals surface area contributed by atoms with Gasteiger partial charge in [0, 0.05) is 10.7 Å². The lowest BCUT2D eigenvalue weighted by atomic mass is 10.0. The summed E-state index contributed by atoms with van der Waals surface area (Å²) >= 11 is 9.07. The summed E-state index contributed by atoms with van der Waals surface area (Å²) in [6, 6.07) is 1.79. The molecule has 14 heavy (non-hydrogen) atoms. The Hall–Kier alpha value is -0.610. The third-order valence-electron chi connectivity index (χ3n) is 1.83. The number of aliphatic carboxylic acids is 1. The van der Waals surface area contributed by atoms with Crippen LogP contribution in [0, 0.1) is 5.92 Å². The monoisotopic (exact) mass is 277 g/mol. The van der Waals surface area contributed by atoms with Gasteiger partial charge in [-0.15, -0.1) is 0 Å². The Labute approximate surface area is 95.2 Å². The van der Waals surface area contributed by atoms with Crippen LogP contribution in [0.15, 0.2) is 16.7 Å². The summed E-state index contributed by atoms with van der Waals surface area (Å²) in [5, 5.41) is 9.09.